The minimum absolute atomic E-state index is 0.00469. The van der Waals surface area contributed by atoms with E-state index in [1.807, 2.05) is 17.0 Å². The summed E-state index contributed by atoms with van der Waals surface area (Å²) in [6.45, 7) is 1.44. The van der Waals surface area contributed by atoms with Gasteiger partial charge >= 0.3 is 0 Å². The van der Waals surface area contributed by atoms with Gasteiger partial charge < -0.3 is 4.90 Å². The second-order valence-corrected chi connectivity index (χ2v) is 4.36. The average molecular weight is 225 g/mol. The fourth-order valence-electron chi connectivity index (χ4n) is 1.75. The van der Waals surface area contributed by atoms with Gasteiger partial charge in [0.15, 0.2) is 0 Å². The van der Waals surface area contributed by atoms with E-state index in [1.54, 1.807) is 12.4 Å². The van der Waals surface area contributed by atoms with Crippen LogP contribution < -0.4 is 0 Å². The van der Waals surface area contributed by atoms with Gasteiger partial charge in [0.05, 0.1) is 5.38 Å². The number of carbonyl (C=O) groups is 1. The fraction of sp³-hybridized carbons (Fsp3) is 0.455. The third kappa shape index (κ3) is 2.69. The molecule has 1 aromatic rings. The summed E-state index contributed by atoms with van der Waals surface area (Å²) in [5, 5.41) is -0.00469. The molecule has 4 heteroatoms. The molecule has 15 heavy (non-hydrogen) atoms. The van der Waals surface area contributed by atoms with Crippen molar-refractivity contribution in [2.75, 3.05) is 13.1 Å². The normalized spacial score (nSPS) is 21.0. The zero-order chi connectivity index (χ0) is 10.7. The average Bonchev–Trinajstić information content (AvgIpc) is 2.56. The molecule has 0 bridgehead atoms. The number of hydrogen-bond donors (Lipinski definition) is 0. The molecule has 0 aromatic carbocycles. The van der Waals surface area contributed by atoms with Crippen LogP contribution in [0.1, 0.15) is 12.0 Å². The van der Waals surface area contributed by atoms with Crippen molar-refractivity contribution in [3.63, 3.8) is 0 Å². The lowest BCUT2D eigenvalue weighted by Gasteiger charge is -2.15. The molecule has 1 unspecified atom stereocenters. The smallest absolute Gasteiger partial charge is 0.224 e. The molecular weight excluding hydrogens is 212 g/mol. The maximum absolute atomic E-state index is 11.4. The van der Waals surface area contributed by atoms with Gasteiger partial charge in [-0.1, -0.05) is 0 Å². The van der Waals surface area contributed by atoms with Gasteiger partial charge in [0, 0.05) is 31.9 Å². The van der Waals surface area contributed by atoms with E-state index in [0.29, 0.717) is 13.0 Å². The van der Waals surface area contributed by atoms with Crippen LogP contribution in [0.25, 0.3) is 0 Å². The number of aromatic nitrogens is 1. The predicted molar refractivity (Wildman–Crippen MR) is 58.8 cm³/mol. The van der Waals surface area contributed by atoms with Crippen molar-refractivity contribution in [3.05, 3.63) is 30.1 Å². The van der Waals surface area contributed by atoms with Gasteiger partial charge in [0.25, 0.3) is 0 Å². The highest BCUT2D eigenvalue weighted by molar-refractivity contribution is 6.22. The lowest BCUT2D eigenvalue weighted by atomic mass is 10.2. The Morgan fingerprint density at radius 2 is 2.20 bits per heavy atom. The van der Waals surface area contributed by atoms with E-state index in [0.717, 1.165) is 13.0 Å². The van der Waals surface area contributed by atoms with Gasteiger partial charge in [-0.25, -0.2) is 0 Å². The quantitative estimate of drug-likeness (QED) is 0.729. The molecule has 0 aliphatic carbocycles. The highest BCUT2D eigenvalue weighted by Crippen LogP contribution is 2.16. The van der Waals surface area contributed by atoms with Crippen molar-refractivity contribution in [1.82, 2.24) is 9.88 Å². The number of rotatable bonds is 3. The third-order valence-electron chi connectivity index (χ3n) is 2.59. The lowest BCUT2D eigenvalue weighted by Crippen LogP contribution is -2.27. The molecule has 1 aliphatic rings. The number of carbonyl (C=O) groups excluding carboxylic acids is 1. The van der Waals surface area contributed by atoms with Crippen molar-refractivity contribution in [2.45, 2.75) is 18.2 Å². The second-order valence-electron chi connectivity index (χ2n) is 3.75. The van der Waals surface area contributed by atoms with E-state index in [4.69, 9.17) is 11.6 Å². The Morgan fingerprint density at radius 1 is 1.47 bits per heavy atom. The molecule has 0 saturated carbocycles. The molecule has 0 N–H and O–H groups in total. The SMILES string of the molecule is O=C1CC(Cl)CN1CCc1ccncc1. The number of alkyl halides is 1. The van der Waals surface area contributed by atoms with Gasteiger partial charge in [0.1, 0.15) is 0 Å². The van der Waals surface area contributed by atoms with Crippen molar-refractivity contribution in [3.8, 4) is 0 Å². The molecular formula is C11H13ClN2O. The Hall–Kier alpha value is -1.09. The Bertz CT molecular complexity index is 342. The van der Waals surface area contributed by atoms with E-state index in [1.165, 1.54) is 5.56 Å². The number of amides is 1. The summed E-state index contributed by atoms with van der Waals surface area (Å²) in [5.74, 6) is 0.170. The first-order valence-corrected chi connectivity index (χ1v) is 5.50. The van der Waals surface area contributed by atoms with Crippen LogP contribution in [0.5, 0.6) is 0 Å². The monoisotopic (exact) mass is 224 g/mol. The molecule has 3 nitrogen and oxygen atoms in total. The molecule has 0 spiro atoms. The third-order valence-corrected chi connectivity index (χ3v) is 2.88. The molecule has 1 saturated heterocycles. The van der Waals surface area contributed by atoms with Crippen molar-refractivity contribution >= 4 is 17.5 Å². The lowest BCUT2D eigenvalue weighted by molar-refractivity contribution is -0.127. The first-order chi connectivity index (χ1) is 7.25. The largest absolute Gasteiger partial charge is 0.341 e. The molecule has 2 heterocycles. The molecule has 0 radical (unpaired) electrons. The van der Waals surface area contributed by atoms with Gasteiger partial charge in [-0.2, -0.15) is 0 Å². The Balaban J connectivity index is 1.86. The Morgan fingerprint density at radius 3 is 2.80 bits per heavy atom. The standard InChI is InChI=1S/C11H13ClN2O/c12-10-7-11(15)14(8-10)6-3-9-1-4-13-5-2-9/h1-2,4-5,10H,3,6-8H2. The van der Waals surface area contributed by atoms with Gasteiger partial charge in [-0.3, -0.25) is 9.78 Å². The van der Waals surface area contributed by atoms with Crippen LogP contribution >= 0.6 is 11.6 Å². The molecule has 1 atom stereocenters. The van der Waals surface area contributed by atoms with Gasteiger partial charge in [0.2, 0.25) is 5.91 Å². The van der Waals surface area contributed by atoms with E-state index in [2.05, 4.69) is 4.98 Å². The van der Waals surface area contributed by atoms with Crippen LogP contribution in [-0.2, 0) is 11.2 Å². The number of halogens is 1. The molecule has 1 fully saturated rings. The minimum atomic E-state index is -0.00469. The topological polar surface area (TPSA) is 33.2 Å². The summed E-state index contributed by atoms with van der Waals surface area (Å²) in [4.78, 5) is 17.2. The molecule has 1 aromatic heterocycles. The summed E-state index contributed by atoms with van der Waals surface area (Å²) in [7, 11) is 0. The van der Waals surface area contributed by atoms with E-state index < -0.39 is 0 Å². The summed E-state index contributed by atoms with van der Waals surface area (Å²) in [6, 6.07) is 3.94. The van der Waals surface area contributed by atoms with Crippen molar-refractivity contribution in [1.29, 1.82) is 0 Å². The highest BCUT2D eigenvalue weighted by Gasteiger charge is 2.27. The zero-order valence-electron chi connectivity index (χ0n) is 8.40. The van der Waals surface area contributed by atoms with Crippen LogP contribution in [-0.4, -0.2) is 34.3 Å². The first kappa shape index (κ1) is 10.4. The predicted octanol–water partition coefficient (Wildman–Crippen LogP) is 1.46. The van der Waals surface area contributed by atoms with E-state index in [9.17, 15) is 4.79 Å². The van der Waals surface area contributed by atoms with Crippen LogP contribution in [0.2, 0.25) is 0 Å². The summed E-state index contributed by atoms with van der Waals surface area (Å²) >= 11 is 5.91. The molecule has 2 rings (SSSR count). The Kier molecular flexibility index (Phi) is 3.21. The van der Waals surface area contributed by atoms with Crippen LogP contribution in [0.4, 0.5) is 0 Å². The molecule has 1 amide bonds. The number of likely N-dealkylation sites (tertiary alicyclic amines) is 1. The molecule has 80 valence electrons. The first-order valence-electron chi connectivity index (χ1n) is 5.06. The van der Waals surface area contributed by atoms with Crippen LogP contribution in [0.15, 0.2) is 24.5 Å². The number of nitrogens with zero attached hydrogens (tertiary/aromatic N) is 2. The van der Waals surface area contributed by atoms with E-state index in [-0.39, 0.29) is 11.3 Å². The maximum atomic E-state index is 11.4. The highest BCUT2D eigenvalue weighted by atomic mass is 35.5. The summed E-state index contributed by atoms with van der Waals surface area (Å²) < 4.78 is 0. The van der Waals surface area contributed by atoms with Crippen molar-refractivity contribution < 1.29 is 4.79 Å². The van der Waals surface area contributed by atoms with Crippen LogP contribution in [0.3, 0.4) is 0 Å². The van der Waals surface area contributed by atoms with Crippen LogP contribution in [0, 0.1) is 0 Å². The summed E-state index contributed by atoms with van der Waals surface area (Å²) in [5.41, 5.74) is 1.20. The summed E-state index contributed by atoms with van der Waals surface area (Å²) in [6.07, 6.45) is 4.90. The number of pyridine rings is 1. The fourth-order valence-corrected chi connectivity index (χ4v) is 2.05. The Labute approximate surface area is 94.1 Å². The van der Waals surface area contributed by atoms with Crippen molar-refractivity contribution in [2.24, 2.45) is 0 Å². The van der Waals surface area contributed by atoms with E-state index >= 15 is 0 Å². The second kappa shape index (κ2) is 4.62. The zero-order valence-corrected chi connectivity index (χ0v) is 9.15. The number of hydrogen-bond acceptors (Lipinski definition) is 2. The molecule has 1 aliphatic heterocycles. The minimum Gasteiger partial charge on any atom is -0.341 e. The van der Waals surface area contributed by atoms with Gasteiger partial charge in [-0.05, 0) is 24.1 Å². The maximum Gasteiger partial charge on any atom is 0.224 e. The van der Waals surface area contributed by atoms with Gasteiger partial charge in [-0.15, -0.1) is 11.6 Å².